The molecule has 5 heteroatoms. The van der Waals surface area contributed by atoms with Crippen molar-refractivity contribution < 1.29 is 19.4 Å². The fourth-order valence-electron chi connectivity index (χ4n) is 0.953. The third kappa shape index (κ3) is 5.67. The van der Waals surface area contributed by atoms with E-state index in [9.17, 15) is 9.59 Å². The second-order valence-corrected chi connectivity index (χ2v) is 3.85. The molecule has 2 atom stereocenters. The summed E-state index contributed by atoms with van der Waals surface area (Å²) in [5.74, 6) is -1.58. The largest absolute Gasteiger partial charge is 0.479 e. The highest BCUT2D eigenvalue weighted by Crippen LogP contribution is 2.09. The molecule has 0 aromatic carbocycles. The third-order valence-electron chi connectivity index (χ3n) is 2.03. The van der Waals surface area contributed by atoms with Crippen LogP contribution in [0, 0.1) is 5.92 Å². The number of carbonyl (C=O) groups is 2. The number of thiol groups is 1. The number of carboxylic acids is 1. The molecule has 88 valence electrons. The Morgan fingerprint density at radius 1 is 1.47 bits per heavy atom. The van der Waals surface area contributed by atoms with Crippen LogP contribution in [0.3, 0.4) is 0 Å². The van der Waals surface area contributed by atoms with Gasteiger partial charge in [0.1, 0.15) is 0 Å². The maximum Gasteiger partial charge on any atom is 0.345 e. The lowest BCUT2D eigenvalue weighted by atomic mass is 10.1. The van der Waals surface area contributed by atoms with Crippen LogP contribution in [0.5, 0.6) is 0 Å². The van der Waals surface area contributed by atoms with Gasteiger partial charge < -0.3 is 9.84 Å². The highest BCUT2D eigenvalue weighted by atomic mass is 32.1. The van der Waals surface area contributed by atoms with Crippen LogP contribution in [0.4, 0.5) is 0 Å². The van der Waals surface area contributed by atoms with Crippen molar-refractivity contribution in [3.8, 4) is 0 Å². The first-order chi connectivity index (χ1) is 7.02. The Balaban J connectivity index is 4.16. The molecule has 0 heterocycles. The number of aliphatic carboxylic acids is 1. The zero-order chi connectivity index (χ0) is 11.8. The minimum absolute atomic E-state index is 0.360. The molecular formula is C10H18O4S. The molecule has 0 saturated carbocycles. The molecule has 0 aromatic rings. The van der Waals surface area contributed by atoms with Gasteiger partial charge in [0.05, 0.1) is 5.92 Å². The lowest BCUT2D eigenvalue weighted by Crippen LogP contribution is -2.30. The molecule has 0 rings (SSSR count). The van der Waals surface area contributed by atoms with E-state index >= 15 is 0 Å². The average molecular weight is 234 g/mol. The fourth-order valence-corrected chi connectivity index (χ4v) is 1.10. The minimum atomic E-state index is -1.08. The summed E-state index contributed by atoms with van der Waals surface area (Å²) < 4.78 is 4.88. The van der Waals surface area contributed by atoms with Crippen LogP contribution in [0.2, 0.25) is 0 Å². The third-order valence-corrected chi connectivity index (χ3v) is 2.58. The van der Waals surface area contributed by atoms with E-state index in [1.54, 1.807) is 6.92 Å². The highest BCUT2D eigenvalue weighted by Gasteiger charge is 2.23. The molecule has 0 spiro atoms. The van der Waals surface area contributed by atoms with Crippen LogP contribution in [-0.4, -0.2) is 28.9 Å². The fraction of sp³-hybridized carbons (Fsp3) is 0.800. The summed E-state index contributed by atoms with van der Waals surface area (Å²) in [5, 5.41) is 8.81. The lowest BCUT2D eigenvalue weighted by Gasteiger charge is -2.15. The standard InChI is InChI=1S/C10H18O4S/c1-3-4-5-8(9(11)12)14-10(13)7(2)6-15/h7-8,15H,3-6H2,1-2H3,(H,11,12). The second kappa shape index (κ2) is 7.56. The number of unbranched alkanes of at least 4 members (excludes halogenated alkanes) is 1. The van der Waals surface area contributed by atoms with Crippen molar-refractivity contribution in [2.45, 2.75) is 39.2 Å². The van der Waals surface area contributed by atoms with Crippen molar-refractivity contribution in [2.24, 2.45) is 5.92 Å². The number of rotatable bonds is 7. The predicted molar refractivity (Wildman–Crippen MR) is 60.1 cm³/mol. The highest BCUT2D eigenvalue weighted by molar-refractivity contribution is 7.80. The van der Waals surface area contributed by atoms with Crippen LogP contribution in [0.15, 0.2) is 0 Å². The molecular weight excluding hydrogens is 216 g/mol. The molecule has 0 aromatic heterocycles. The van der Waals surface area contributed by atoms with Gasteiger partial charge in [-0.05, 0) is 12.8 Å². The normalized spacial score (nSPS) is 14.3. The van der Waals surface area contributed by atoms with Gasteiger partial charge in [-0.25, -0.2) is 4.79 Å². The first kappa shape index (κ1) is 14.3. The van der Waals surface area contributed by atoms with E-state index in [-0.39, 0.29) is 5.92 Å². The van der Waals surface area contributed by atoms with Crippen LogP contribution in [0.1, 0.15) is 33.1 Å². The van der Waals surface area contributed by atoms with E-state index in [2.05, 4.69) is 12.6 Å². The molecule has 4 nitrogen and oxygen atoms in total. The van der Waals surface area contributed by atoms with Gasteiger partial charge in [0.2, 0.25) is 0 Å². The number of hydrogen-bond donors (Lipinski definition) is 2. The topological polar surface area (TPSA) is 63.6 Å². The van der Waals surface area contributed by atoms with Gasteiger partial charge >= 0.3 is 11.9 Å². The number of hydrogen-bond acceptors (Lipinski definition) is 4. The minimum Gasteiger partial charge on any atom is -0.479 e. The van der Waals surface area contributed by atoms with Crippen molar-refractivity contribution in [3.63, 3.8) is 0 Å². The SMILES string of the molecule is CCCCC(OC(=O)C(C)CS)C(=O)O. The van der Waals surface area contributed by atoms with Crippen LogP contribution in [0.25, 0.3) is 0 Å². The summed E-state index contributed by atoms with van der Waals surface area (Å²) in [5.41, 5.74) is 0. The number of esters is 1. The van der Waals surface area contributed by atoms with Crippen molar-refractivity contribution >= 4 is 24.6 Å². The van der Waals surface area contributed by atoms with Crippen molar-refractivity contribution in [1.82, 2.24) is 0 Å². The molecule has 0 aliphatic heterocycles. The van der Waals surface area contributed by atoms with Crippen molar-refractivity contribution in [3.05, 3.63) is 0 Å². The molecule has 0 aliphatic rings. The zero-order valence-corrected chi connectivity index (χ0v) is 10.00. The van der Waals surface area contributed by atoms with Gasteiger partial charge in [0.15, 0.2) is 6.10 Å². The molecule has 2 unspecified atom stereocenters. The Hall–Kier alpha value is -0.710. The van der Waals surface area contributed by atoms with Gasteiger partial charge in [-0.1, -0.05) is 20.3 Å². The summed E-state index contributed by atoms with van der Waals surface area (Å²) in [6.45, 7) is 3.62. The molecule has 0 fully saturated rings. The van der Waals surface area contributed by atoms with E-state index in [0.717, 1.165) is 12.8 Å². The first-order valence-corrected chi connectivity index (χ1v) is 5.70. The van der Waals surface area contributed by atoms with E-state index in [1.165, 1.54) is 0 Å². The summed E-state index contributed by atoms with van der Waals surface area (Å²) in [6.07, 6.45) is 0.972. The second-order valence-electron chi connectivity index (χ2n) is 3.49. The predicted octanol–water partition coefficient (Wildman–Crippen LogP) is 1.74. The Morgan fingerprint density at radius 3 is 2.47 bits per heavy atom. The Kier molecular flexibility index (Phi) is 7.21. The summed E-state index contributed by atoms with van der Waals surface area (Å²) in [4.78, 5) is 22.1. The first-order valence-electron chi connectivity index (χ1n) is 5.07. The van der Waals surface area contributed by atoms with E-state index in [1.807, 2.05) is 6.92 Å². The molecule has 0 saturated heterocycles. The monoisotopic (exact) mass is 234 g/mol. The molecule has 0 radical (unpaired) electrons. The smallest absolute Gasteiger partial charge is 0.345 e. The molecule has 15 heavy (non-hydrogen) atoms. The lowest BCUT2D eigenvalue weighted by molar-refractivity contribution is -0.166. The number of carboxylic acid groups (broad SMARTS) is 1. The van der Waals surface area contributed by atoms with E-state index < -0.39 is 18.0 Å². The summed E-state index contributed by atoms with van der Waals surface area (Å²) in [7, 11) is 0. The van der Waals surface area contributed by atoms with Gasteiger partial charge in [-0.2, -0.15) is 12.6 Å². The van der Waals surface area contributed by atoms with Gasteiger partial charge in [0.25, 0.3) is 0 Å². The van der Waals surface area contributed by atoms with Crippen molar-refractivity contribution in [2.75, 3.05) is 5.75 Å². The number of carbonyl (C=O) groups excluding carboxylic acids is 1. The average Bonchev–Trinajstić information content (AvgIpc) is 2.22. The maximum absolute atomic E-state index is 11.3. The molecule has 0 aliphatic carbocycles. The quantitative estimate of drug-likeness (QED) is 0.520. The van der Waals surface area contributed by atoms with Crippen LogP contribution in [-0.2, 0) is 14.3 Å². The van der Waals surface area contributed by atoms with Gasteiger partial charge in [-0.3, -0.25) is 4.79 Å². The van der Waals surface area contributed by atoms with Crippen LogP contribution >= 0.6 is 12.6 Å². The van der Waals surface area contributed by atoms with E-state index in [0.29, 0.717) is 12.2 Å². The summed E-state index contributed by atoms with van der Waals surface area (Å²) in [6, 6.07) is 0. The van der Waals surface area contributed by atoms with Gasteiger partial charge in [-0.15, -0.1) is 0 Å². The van der Waals surface area contributed by atoms with Crippen LogP contribution < -0.4 is 0 Å². The maximum atomic E-state index is 11.3. The Morgan fingerprint density at radius 2 is 2.07 bits per heavy atom. The molecule has 0 bridgehead atoms. The van der Waals surface area contributed by atoms with Crippen molar-refractivity contribution in [1.29, 1.82) is 0 Å². The molecule has 0 amide bonds. The number of ether oxygens (including phenoxy) is 1. The zero-order valence-electron chi connectivity index (χ0n) is 9.10. The molecule has 1 N–H and O–H groups in total. The Labute approximate surface area is 95.4 Å². The van der Waals surface area contributed by atoms with Gasteiger partial charge in [0, 0.05) is 5.75 Å². The van der Waals surface area contributed by atoms with E-state index in [4.69, 9.17) is 9.84 Å². The Bertz CT molecular complexity index is 217. The summed E-state index contributed by atoms with van der Waals surface area (Å²) >= 11 is 3.95.